The Morgan fingerprint density at radius 1 is 1.09 bits per heavy atom. The number of aryl methyl sites for hydroxylation is 2. The number of rotatable bonds is 9. The zero-order valence-electron chi connectivity index (χ0n) is 19.8. The first-order valence-electron chi connectivity index (χ1n) is 11.3. The van der Waals surface area contributed by atoms with E-state index in [1.807, 2.05) is 83.5 Å². The number of hydrogen-bond donors (Lipinski definition) is 1. The number of para-hydroxylation sites is 1. The number of carbonyl (C=O) groups is 1. The van der Waals surface area contributed by atoms with Crippen molar-refractivity contribution in [3.05, 3.63) is 88.9 Å². The van der Waals surface area contributed by atoms with Crippen molar-refractivity contribution in [3.63, 3.8) is 0 Å². The molecule has 2 amide bonds. The summed E-state index contributed by atoms with van der Waals surface area (Å²) in [4.78, 5) is 16.3. The van der Waals surface area contributed by atoms with Crippen LogP contribution >= 0.6 is 11.3 Å². The Morgan fingerprint density at radius 2 is 1.85 bits per heavy atom. The number of hydrogen-bond acceptors (Lipinski definition) is 4. The summed E-state index contributed by atoms with van der Waals surface area (Å²) in [6, 6.07) is 20.1. The minimum absolute atomic E-state index is 0.134. The second kappa shape index (κ2) is 11.1. The fourth-order valence-electron chi connectivity index (χ4n) is 3.97. The number of benzene rings is 2. The summed E-state index contributed by atoms with van der Waals surface area (Å²) < 4.78 is 7.13. The van der Waals surface area contributed by atoms with Crippen molar-refractivity contribution in [2.45, 2.75) is 26.8 Å². The van der Waals surface area contributed by atoms with Crippen LogP contribution in [0.2, 0.25) is 0 Å². The molecule has 6 nitrogen and oxygen atoms in total. The van der Waals surface area contributed by atoms with Gasteiger partial charge in [-0.05, 0) is 67.1 Å². The number of methoxy groups -OCH3 is 1. The summed E-state index contributed by atoms with van der Waals surface area (Å²) in [6.07, 6.45) is 2.77. The average Bonchev–Trinajstić information content (AvgIpc) is 3.48. The number of ether oxygens (including phenoxy) is 1. The standard InChI is InChI=1S/C27H30N4O2S/c1-20-15-21(2)17-23(16-20)28-27(32)30(12-8-13-33-3)18-22-19-31(24-9-5-4-6-10-24)29-26(22)25-11-7-14-34-25/h4-7,9-11,14-17,19H,8,12-13,18H2,1-3H3,(H,28,32). The summed E-state index contributed by atoms with van der Waals surface area (Å²) in [5, 5.41) is 10.0. The molecular formula is C27H30N4O2S. The third-order valence-corrected chi connectivity index (χ3v) is 6.34. The number of anilines is 1. The van der Waals surface area contributed by atoms with Crippen LogP contribution in [0.25, 0.3) is 16.3 Å². The Labute approximate surface area is 204 Å². The molecule has 0 unspecified atom stereocenters. The Bertz CT molecular complexity index is 1200. The summed E-state index contributed by atoms with van der Waals surface area (Å²) in [5.41, 5.74) is 5.92. The summed E-state index contributed by atoms with van der Waals surface area (Å²) in [7, 11) is 1.68. The number of amides is 2. The van der Waals surface area contributed by atoms with Crippen LogP contribution in [0.4, 0.5) is 10.5 Å². The number of carbonyl (C=O) groups excluding carboxylic acids is 1. The molecule has 0 bridgehead atoms. The van der Waals surface area contributed by atoms with Gasteiger partial charge in [-0.1, -0.05) is 30.3 Å². The van der Waals surface area contributed by atoms with Gasteiger partial charge in [0.05, 0.1) is 17.1 Å². The lowest BCUT2D eigenvalue weighted by molar-refractivity contribution is 0.172. The van der Waals surface area contributed by atoms with E-state index in [1.165, 1.54) is 0 Å². The summed E-state index contributed by atoms with van der Waals surface area (Å²) in [5.74, 6) is 0. The molecule has 1 N–H and O–H groups in total. The van der Waals surface area contributed by atoms with E-state index in [9.17, 15) is 4.79 Å². The zero-order chi connectivity index (χ0) is 23.9. The van der Waals surface area contributed by atoms with Gasteiger partial charge in [-0.3, -0.25) is 0 Å². The normalized spacial score (nSPS) is 10.9. The highest BCUT2D eigenvalue weighted by Crippen LogP contribution is 2.29. The van der Waals surface area contributed by atoms with Crippen molar-refractivity contribution >= 4 is 23.1 Å². The molecule has 0 saturated carbocycles. The van der Waals surface area contributed by atoms with Gasteiger partial charge >= 0.3 is 6.03 Å². The molecule has 4 aromatic rings. The first kappa shape index (κ1) is 23.7. The smallest absolute Gasteiger partial charge is 0.322 e. The quantitative estimate of drug-likeness (QED) is 0.290. The molecule has 176 valence electrons. The van der Waals surface area contributed by atoms with Crippen molar-refractivity contribution in [2.24, 2.45) is 0 Å². The first-order valence-corrected chi connectivity index (χ1v) is 12.2. The minimum Gasteiger partial charge on any atom is -0.385 e. The van der Waals surface area contributed by atoms with Gasteiger partial charge in [0.15, 0.2) is 0 Å². The topological polar surface area (TPSA) is 59.4 Å². The van der Waals surface area contributed by atoms with Crippen molar-refractivity contribution in [3.8, 4) is 16.3 Å². The molecule has 0 radical (unpaired) electrons. The van der Waals surface area contributed by atoms with Gasteiger partial charge in [0, 0.05) is 37.7 Å². The van der Waals surface area contributed by atoms with Gasteiger partial charge in [-0.25, -0.2) is 9.48 Å². The van der Waals surface area contributed by atoms with Gasteiger partial charge in [0.2, 0.25) is 0 Å². The Balaban J connectivity index is 1.63. The molecule has 0 aliphatic rings. The second-order valence-electron chi connectivity index (χ2n) is 8.33. The van der Waals surface area contributed by atoms with E-state index in [4.69, 9.17) is 9.84 Å². The van der Waals surface area contributed by atoms with Crippen LogP contribution in [0.5, 0.6) is 0 Å². The molecule has 0 fully saturated rings. The molecule has 0 aliphatic heterocycles. The fraction of sp³-hybridized carbons (Fsp3) is 0.259. The molecule has 4 rings (SSSR count). The average molecular weight is 475 g/mol. The van der Waals surface area contributed by atoms with Crippen LogP contribution in [0.1, 0.15) is 23.1 Å². The Hall–Kier alpha value is -3.42. The third kappa shape index (κ3) is 5.92. The summed E-state index contributed by atoms with van der Waals surface area (Å²) in [6.45, 7) is 5.67. The largest absolute Gasteiger partial charge is 0.385 e. The molecule has 2 aromatic heterocycles. The predicted molar refractivity (Wildman–Crippen MR) is 139 cm³/mol. The molecule has 0 aliphatic carbocycles. The third-order valence-electron chi connectivity index (χ3n) is 5.46. The van der Waals surface area contributed by atoms with Crippen LogP contribution in [0.15, 0.2) is 72.2 Å². The van der Waals surface area contributed by atoms with E-state index >= 15 is 0 Å². The lowest BCUT2D eigenvalue weighted by Crippen LogP contribution is -2.35. The van der Waals surface area contributed by atoms with Gasteiger partial charge in [0.25, 0.3) is 0 Å². The number of urea groups is 1. The van der Waals surface area contributed by atoms with E-state index in [1.54, 1.807) is 18.4 Å². The SMILES string of the molecule is COCCCN(Cc1cn(-c2ccccc2)nc1-c1cccs1)C(=O)Nc1cc(C)cc(C)c1. The van der Waals surface area contributed by atoms with Crippen molar-refractivity contribution in [1.29, 1.82) is 0 Å². The number of thiophene rings is 1. The Kier molecular flexibility index (Phi) is 7.77. The predicted octanol–water partition coefficient (Wildman–Crippen LogP) is 6.29. The lowest BCUT2D eigenvalue weighted by Gasteiger charge is -2.23. The van der Waals surface area contributed by atoms with Gasteiger partial charge in [0.1, 0.15) is 5.69 Å². The van der Waals surface area contributed by atoms with Crippen LogP contribution in [-0.2, 0) is 11.3 Å². The second-order valence-corrected chi connectivity index (χ2v) is 9.28. The lowest BCUT2D eigenvalue weighted by atomic mass is 10.1. The van der Waals surface area contributed by atoms with Crippen LogP contribution in [-0.4, -0.2) is 41.0 Å². The first-order chi connectivity index (χ1) is 16.5. The number of nitrogens with one attached hydrogen (secondary N) is 1. The monoisotopic (exact) mass is 474 g/mol. The fourth-order valence-corrected chi connectivity index (χ4v) is 4.71. The molecule has 2 heterocycles. The van der Waals surface area contributed by atoms with E-state index in [0.717, 1.165) is 45.1 Å². The minimum atomic E-state index is -0.134. The van der Waals surface area contributed by atoms with Crippen molar-refractivity contribution in [1.82, 2.24) is 14.7 Å². The van der Waals surface area contributed by atoms with Gasteiger partial charge in [-0.15, -0.1) is 11.3 Å². The van der Waals surface area contributed by atoms with Gasteiger partial charge in [-0.2, -0.15) is 5.10 Å². The van der Waals surface area contributed by atoms with Crippen molar-refractivity contribution in [2.75, 3.05) is 25.6 Å². The zero-order valence-corrected chi connectivity index (χ0v) is 20.6. The van der Waals surface area contributed by atoms with E-state index < -0.39 is 0 Å². The molecule has 0 saturated heterocycles. The maximum Gasteiger partial charge on any atom is 0.322 e. The molecule has 7 heteroatoms. The number of aromatic nitrogens is 2. The molecule has 2 aromatic carbocycles. The van der Waals surface area contributed by atoms with Gasteiger partial charge < -0.3 is 15.0 Å². The van der Waals surface area contributed by atoms with E-state index in [0.29, 0.717) is 19.7 Å². The molecular weight excluding hydrogens is 444 g/mol. The summed E-state index contributed by atoms with van der Waals surface area (Å²) >= 11 is 1.65. The Morgan fingerprint density at radius 3 is 2.53 bits per heavy atom. The van der Waals surface area contributed by atoms with Crippen LogP contribution in [0.3, 0.4) is 0 Å². The molecule has 0 atom stereocenters. The number of nitrogens with zero attached hydrogens (tertiary/aromatic N) is 3. The van der Waals surface area contributed by atoms with Crippen LogP contribution < -0.4 is 5.32 Å². The maximum absolute atomic E-state index is 13.4. The van der Waals surface area contributed by atoms with Crippen LogP contribution in [0, 0.1) is 13.8 Å². The molecule has 0 spiro atoms. The molecule has 34 heavy (non-hydrogen) atoms. The highest BCUT2D eigenvalue weighted by atomic mass is 32.1. The highest BCUT2D eigenvalue weighted by Gasteiger charge is 2.20. The highest BCUT2D eigenvalue weighted by molar-refractivity contribution is 7.13. The maximum atomic E-state index is 13.4. The van der Waals surface area contributed by atoms with E-state index in [-0.39, 0.29) is 6.03 Å². The van der Waals surface area contributed by atoms with Crippen molar-refractivity contribution < 1.29 is 9.53 Å². The van der Waals surface area contributed by atoms with E-state index in [2.05, 4.69) is 17.4 Å².